The number of carbonyl (C=O) groups is 1. The van der Waals surface area contributed by atoms with Gasteiger partial charge in [0.05, 0.1) is 10.5 Å². The number of hydrogen-bond donors (Lipinski definition) is 0. The molecule has 0 spiro atoms. The van der Waals surface area contributed by atoms with E-state index in [1.54, 1.807) is 19.1 Å². The zero-order valence-corrected chi connectivity index (χ0v) is 12.8. The minimum Gasteiger partial charge on any atom is -0.299 e. The van der Waals surface area contributed by atoms with Gasteiger partial charge in [0.1, 0.15) is 11.6 Å². The summed E-state index contributed by atoms with van der Waals surface area (Å²) in [5.74, 6) is -0.438. The molecule has 3 nitrogen and oxygen atoms in total. The minimum atomic E-state index is -2.99. The average molecular weight is 310 g/mol. The van der Waals surface area contributed by atoms with E-state index in [4.69, 9.17) is 0 Å². The lowest BCUT2D eigenvalue weighted by molar-refractivity contribution is -0.122. The maximum Gasteiger partial charge on any atom is 0.156 e. The number of Topliss-reactive ketones (excluding diaryl/α,β-unsaturated/α-hetero) is 1. The number of sulfone groups is 1. The fraction of sp³-hybridized carbons (Fsp3) is 0.562. The Kier molecular flexibility index (Phi) is 3.64. The molecule has 0 saturated carbocycles. The molecule has 2 heterocycles. The maximum absolute atomic E-state index is 13.5. The van der Waals surface area contributed by atoms with Crippen molar-refractivity contribution in [2.24, 2.45) is 5.92 Å². The van der Waals surface area contributed by atoms with Crippen LogP contribution in [0.5, 0.6) is 0 Å². The van der Waals surface area contributed by atoms with Crippen LogP contribution in [0, 0.1) is 18.7 Å². The van der Waals surface area contributed by atoms with Gasteiger partial charge < -0.3 is 0 Å². The van der Waals surface area contributed by atoms with Crippen molar-refractivity contribution in [2.75, 3.05) is 0 Å². The maximum atomic E-state index is 13.5. The molecule has 21 heavy (non-hydrogen) atoms. The standard InChI is InChI=1S/C16H19FO3S/c1-10-2-3-11(6-15(10)17)7-16(18)12-8-13-4-5-14(9-12)21(13,19)20/h2-3,6,12-14H,4-5,7-9H2,1H3. The lowest BCUT2D eigenvalue weighted by atomic mass is 9.90. The smallest absolute Gasteiger partial charge is 0.156 e. The number of carbonyl (C=O) groups excluding carboxylic acids is 1. The molecule has 2 aliphatic rings. The summed E-state index contributed by atoms with van der Waals surface area (Å²) in [6.45, 7) is 1.69. The molecule has 2 unspecified atom stereocenters. The van der Waals surface area contributed by atoms with Crippen molar-refractivity contribution in [3.05, 3.63) is 35.1 Å². The van der Waals surface area contributed by atoms with Gasteiger partial charge >= 0.3 is 0 Å². The van der Waals surface area contributed by atoms with E-state index in [-0.39, 0.29) is 34.4 Å². The van der Waals surface area contributed by atoms with Crippen LogP contribution in [0.4, 0.5) is 4.39 Å². The zero-order valence-electron chi connectivity index (χ0n) is 12.0. The summed E-state index contributed by atoms with van der Waals surface area (Å²) in [6, 6.07) is 4.85. The van der Waals surface area contributed by atoms with Crippen LogP contribution in [0.25, 0.3) is 0 Å². The predicted molar refractivity (Wildman–Crippen MR) is 78.3 cm³/mol. The number of fused-ring (bicyclic) bond motifs is 2. The second-order valence-electron chi connectivity index (χ2n) is 6.31. The first kappa shape index (κ1) is 14.7. The van der Waals surface area contributed by atoms with Gasteiger partial charge in [-0.05, 0) is 49.8 Å². The third-order valence-corrected chi connectivity index (χ3v) is 7.62. The Bertz CT molecular complexity index is 661. The number of aryl methyl sites for hydroxylation is 1. The van der Waals surface area contributed by atoms with Crippen LogP contribution in [0.15, 0.2) is 18.2 Å². The Labute approximate surface area is 124 Å². The molecule has 2 aliphatic heterocycles. The first-order chi connectivity index (χ1) is 9.88. The second kappa shape index (κ2) is 5.20. The highest BCUT2D eigenvalue weighted by molar-refractivity contribution is 7.93. The van der Waals surface area contributed by atoms with Crippen LogP contribution in [0.3, 0.4) is 0 Å². The summed E-state index contributed by atoms with van der Waals surface area (Å²) >= 11 is 0. The molecule has 2 saturated heterocycles. The van der Waals surface area contributed by atoms with Crippen molar-refractivity contribution in [1.82, 2.24) is 0 Å². The third-order valence-electron chi connectivity index (χ3n) is 4.90. The number of ketones is 1. The van der Waals surface area contributed by atoms with Gasteiger partial charge in [0.25, 0.3) is 0 Å². The van der Waals surface area contributed by atoms with Gasteiger partial charge in [-0.2, -0.15) is 0 Å². The fourth-order valence-corrected chi connectivity index (χ4v) is 6.04. The molecule has 2 fully saturated rings. The van der Waals surface area contributed by atoms with E-state index in [9.17, 15) is 17.6 Å². The third kappa shape index (κ3) is 2.63. The Balaban J connectivity index is 1.71. The molecule has 1 aromatic carbocycles. The highest BCUT2D eigenvalue weighted by Gasteiger charge is 2.48. The minimum absolute atomic E-state index is 0.0463. The van der Waals surface area contributed by atoms with Crippen molar-refractivity contribution in [3.8, 4) is 0 Å². The molecule has 5 heteroatoms. The first-order valence-electron chi connectivity index (χ1n) is 7.38. The molecule has 2 atom stereocenters. The molecular formula is C16H19FO3S. The lowest BCUT2D eigenvalue weighted by Crippen LogP contribution is -2.36. The molecule has 0 aromatic heterocycles. The van der Waals surface area contributed by atoms with E-state index in [0.717, 1.165) is 0 Å². The second-order valence-corrected chi connectivity index (χ2v) is 8.82. The van der Waals surface area contributed by atoms with Gasteiger partial charge in [-0.1, -0.05) is 12.1 Å². The Morgan fingerprint density at radius 3 is 2.43 bits per heavy atom. The summed E-state index contributed by atoms with van der Waals surface area (Å²) in [5.41, 5.74) is 1.23. The largest absolute Gasteiger partial charge is 0.299 e. The van der Waals surface area contributed by atoms with Crippen LogP contribution in [0.1, 0.15) is 36.8 Å². The van der Waals surface area contributed by atoms with Crippen molar-refractivity contribution in [2.45, 2.75) is 49.5 Å². The molecule has 0 amide bonds. The lowest BCUT2D eigenvalue weighted by Gasteiger charge is -2.27. The van der Waals surface area contributed by atoms with Crippen LogP contribution in [0.2, 0.25) is 0 Å². The highest BCUT2D eigenvalue weighted by atomic mass is 32.2. The summed E-state index contributed by atoms with van der Waals surface area (Å²) in [6.07, 6.45) is 2.48. The Morgan fingerprint density at radius 2 is 1.86 bits per heavy atom. The molecular weight excluding hydrogens is 291 g/mol. The number of hydrogen-bond acceptors (Lipinski definition) is 3. The molecule has 0 aliphatic carbocycles. The average Bonchev–Trinajstić information content (AvgIpc) is 2.63. The van der Waals surface area contributed by atoms with E-state index in [1.165, 1.54) is 6.07 Å². The zero-order chi connectivity index (χ0) is 15.2. The molecule has 0 N–H and O–H groups in total. The summed E-state index contributed by atoms with van der Waals surface area (Å²) in [5, 5.41) is -0.667. The quantitative estimate of drug-likeness (QED) is 0.862. The van der Waals surface area contributed by atoms with Gasteiger partial charge in [0, 0.05) is 12.3 Å². The predicted octanol–water partition coefficient (Wildman–Crippen LogP) is 2.60. The summed E-state index contributed by atoms with van der Waals surface area (Å²) in [4.78, 5) is 12.4. The van der Waals surface area contributed by atoms with Gasteiger partial charge in [0.2, 0.25) is 0 Å². The normalized spacial score (nSPS) is 30.3. The summed E-state index contributed by atoms with van der Waals surface area (Å²) < 4.78 is 37.6. The van der Waals surface area contributed by atoms with Crippen LogP contribution in [-0.4, -0.2) is 24.7 Å². The Hall–Kier alpha value is -1.23. The monoisotopic (exact) mass is 310 g/mol. The van der Waals surface area contributed by atoms with Crippen molar-refractivity contribution >= 4 is 15.6 Å². The molecule has 0 radical (unpaired) electrons. The van der Waals surface area contributed by atoms with Crippen molar-refractivity contribution in [1.29, 1.82) is 0 Å². The van der Waals surface area contributed by atoms with Gasteiger partial charge in [-0.15, -0.1) is 0 Å². The molecule has 3 rings (SSSR count). The SMILES string of the molecule is Cc1ccc(CC(=O)C2CC3CCC(C2)S3(=O)=O)cc1F. The van der Waals surface area contributed by atoms with E-state index in [1.807, 2.05) is 0 Å². The van der Waals surface area contributed by atoms with Crippen molar-refractivity contribution in [3.63, 3.8) is 0 Å². The van der Waals surface area contributed by atoms with Crippen molar-refractivity contribution < 1.29 is 17.6 Å². The first-order valence-corrected chi connectivity index (χ1v) is 8.99. The molecule has 114 valence electrons. The van der Waals surface area contributed by atoms with Crippen LogP contribution < -0.4 is 0 Å². The number of benzene rings is 1. The van der Waals surface area contributed by atoms with Gasteiger partial charge in [0.15, 0.2) is 9.84 Å². The van der Waals surface area contributed by atoms with E-state index in [0.29, 0.717) is 36.8 Å². The highest BCUT2D eigenvalue weighted by Crippen LogP contribution is 2.41. The topological polar surface area (TPSA) is 51.2 Å². The van der Waals surface area contributed by atoms with E-state index in [2.05, 4.69) is 0 Å². The van der Waals surface area contributed by atoms with Crippen LogP contribution in [-0.2, 0) is 21.1 Å². The Morgan fingerprint density at radius 1 is 1.24 bits per heavy atom. The van der Waals surface area contributed by atoms with Gasteiger partial charge in [-0.3, -0.25) is 4.79 Å². The molecule has 1 aromatic rings. The fourth-order valence-electron chi connectivity index (χ4n) is 3.56. The number of rotatable bonds is 3. The van der Waals surface area contributed by atoms with E-state index < -0.39 is 9.84 Å². The molecule has 2 bridgehead atoms. The van der Waals surface area contributed by atoms with Crippen LogP contribution >= 0.6 is 0 Å². The number of halogens is 1. The van der Waals surface area contributed by atoms with E-state index >= 15 is 0 Å². The summed E-state index contributed by atoms with van der Waals surface area (Å²) in [7, 11) is -2.99. The van der Waals surface area contributed by atoms with Gasteiger partial charge in [-0.25, -0.2) is 12.8 Å².